The van der Waals surface area contributed by atoms with Crippen molar-refractivity contribution in [2.75, 3.05) is 5.75 Å². The summed E-state index contributed by atoms with van der Waals surface area (Å²) in [5, 5.41) is 15.4. The third kappa shape index (κ3) is 4.42. The Labute approximate surface area is 182 Å². The van der Waals surface area contributed by atoms with Crippen LogP contribution < -0.4 is 5.32 Å². The van der Waals surface area contributed by atoms with Crippen LogP contribution >= 0.6 is 23.4 Å². The fourth-order valence-corrected chi connectivity index (χ4v) is 3.88. The molecule has 0 saturated heterocycles. The molecule has 10 heteroatoms. The van der Waals surface area contributed by atoms with Crippen LogP contribution in [0.15, 0.2) is 63.7 Å². The molecule has 0 aliphatic carbocycles. The van der Waals surface area contributed by atoms with Crippen molar-refractivity contribution in [3.8, 4) is 0 Å². The number of nitrogens with one attached hydrogen (secondary N) is 1. The maximum Gasteiger partial charge on any atom is 0.235 e. The number of nitrogens with zero attached hydrogens (tertiary/aromatic N) is 6. The molecule has 30 heavy (non-hydrogen) atoms. The van der Waals surface area contributed by atoms with Crippen LogP contribution in [0.25, 0.3) is 0 Å². The highest BCUT2D eigenvalue weighted by Crippen LogP contribution is 2.34. The van der Waals surface area contributed by atoms with Gasteiger partial charge in [-0.2, -0.15) is 0 Å². The van der Waals surface area contributed by atoms with Gasteiger partial charge in [-0.1, -0.05) is 47.6 Å². The molecule has 1 amide bonds. The summed E-state index contributed by atoms with van der Waals surface area (Å²) in [7, 11) is 1.73. The van der Waals surface area contributed by atoms with E-state index in [1.807, 2.05) is 55.5 Å². The highest BCUT2D eigenvalue weighted by Gasteiger charge is 2.26. The third-order valence-electron chi connectivity index (χ3n) is 4.50. The van der Waals surface area contributed by atoms with Crippen molar-refractivity contribution in [2.24, 2.45) is 17.0 Å². The smallest absolute Gasteiger partial charge is 0.235 e. The number of hydrogen-bond acceptors (Lipinski definition) is 7. The monoisotopic (exact) mass is 439 g/mol. The first kappa shape index (κ1) is 20.2. The number of carbonyl (C=O) groups excluding carboxylic acids is 1. The molecule has 1 N–H and O–H groups in total. The number of rotatable bonds is 4. The van der Waals surface area contributed by atoms with E-state index in [4.69, 9.17) is 21.6 Å². The predicted octanol–water partition coefficient (Wildman–Crippen LogP) is 3.69. The number of fused-ring (bicyclic) bond motifs is 1. The van der Waals surface area contributed by atoms with E-state index in [1.165, 1.54) is 16.4 Å². The molecule has 0 radical (unpaired) electrons. The highest BCUT2D eigenvalue weighted by atomic mass is 35.5. The van der Waals surface area contributed by atoms with Crippen molar-refractivity contribution in [1.29, 1.82) is 0 Å². The maximum absolute atomic E-state index is 12.7. The molecule has 0 bridgehead atoms. The first-order valence-electron chi connectivity index (χ1n) is 9.14. The van der Waals surface area contributed by atoms with Gasteiger partial charge in [-0.25, -0.2) is 9.67 Å². The summed E-state index contributed by atoms with van der Waals surface area (Å²) >= 11 is 7.32. The molecule has 8 nitrogen and oxygen atoms in total. The van der Waals surface area contributed by atoms with Crippen LogP contribution in [0.3, 0.4) is 0 Å². The number of benzene rings is 2. The van der Waals surface area contributed by atoms with Gasteiger partial charge in [-0.15, -0.1) is 5.10 Å². The molecular weight excluding hydrogens is 422 g/mol. The average Bonchev–Trinajstić information content (AvgIpc) is 3.08. The SMILES string of the molecule is CC1=Nc2ccccc2N=C(NC(=O)CSc2nnnn2C)C1c1ccc(Cl)cc1. The lowest BCUT2D eigenvalue weighted by atomic mass is 9.93. The van der Waals surface area contributed by atoms with E-state index in [9.17, 15) is 4.79 Å². The number of amidine groups is 1. The summed E-state index contributed by atoms with van der Waals surface area (Å²) < 4.78 is 1.52. The maximum atomic E-state index is 12.7. The Bertz CT molecular complexity index is 1140. The number of halogens is 1. The number of hydrogen-bond donors (Lipinski definition) is 1. The number of carbonyl (C=O) groups is 1. The molecular formula is C20H18ClN7OS. The number of aromatic nitrogens is 4. The van der Waals surface area contributed by atoms with E-state index in [-0.39, 0.29) is 17.6 Å². The van der Waals surface area contributed by atoms with Crippen molar-refractivity contribution in [3.63, 3.8) is 0 Å². The molecule has 1 aliphatic rings. The van der Waals surface area contributed by atoms with Gasteiger partial charge in [-0.3, -0.25) is 9.79 Å². The fourth-order valence-electron chi connectivity index (χ4n) is 3.11. The summed E-state index contributed by atoms with van der Waals surface area (Å²) in [6.45, 7) is 1.93. The standard InChI is InChI=1S/C20H18ClN7OS/c1-12-18(13-7-9-14(21)10-8-13)19(23-16-6-4-3-5-15(16)22-12)24-17(29)11-30-20-25-26-27-28(20)2/h3-10,18H,11H2,1-2H3,(H,23,24,29). The molecule has 0 fully saturated rings. The summed E-state index contributed by atoms with van der Waals surface area (Å²) in [5.41, 5.74) is 3.23. The van der Waals surface area contributed by atoms with Crippen molar-refractivity contribution in [3.05, 3.63) is 59.1 Å². The largest absolute Gasteiger partial charge is 0.313 e. The molecule has 2 aromatic carbocycles. The van der Waals surface area contributed by atoms with Crippen molar-refractivity contribution in [1.82, 2.24) is 25.5 Å². The second-order valence-corrected chi connectivity index (χ2v) is 8.02. The molecule has 3 aromatic rings. The van der Waals surface area contributed by atoms with Gasteiger partial charge in [0.2, 0.25) is 11.1 Å². The van der Waals surface area contributed by atoms with Gasteiger partial charge in [0.05, 0.1) is 23.0 Å². The van der Waals surface area contributed by atoms with E-state index in [0.717, 1.165) is 17.0 Å². The van der Waals surface area contributed by atoms with Crippen LogP contribution in [0.1, 0.15) is 18.4 Å². The molecule has 2 heterocycles. The van der Waals surface area contributed by atoms with Crippen LogP contribution in [0.5, 0.6) is 0 Å². The molecule has 4 rings (SSSR count). The molecule has 0 spiro atoms. The number of para-hydroxylation sites is 2. The van der Waals surface area contributed by atoms with Gasteiger partial charge in [0.25, 0.3) is 0 Å². The number of amides is 1. The molecule has 0 saturated carbocycles. The Hall–Kier alpha value is -3.04. The van der Waals surface area contributed by atoms with Crippen LogP contribution in [0, 0.1) is 0 Å². The zero-order valence-corrected chi connectivity index (χ0v) is 17.9. The Morgan fingerprint density at radius 2 is 1.83 bits per heavy atom. The predicted molar refractivity (Wildman–Crippen MR) is 118 cm³/mol. The number of aryl methyl sites for hydroxylation is 1. The zero-order valence-electron chi connectivity index (χ0n) is 16.3. The minimum atomic E-state index is -0.305. The van der Waals surface area contributed by atoms with Crippen LogP contribution in [-0.4, -0.2) is 43.4 Å². The van der Waals surface area contributed by atoms with Crippen molar-refractivity contribution >= 4 is 52.2 Å². The van der Waals surface area contributed by atoms with E-state index in [2.05, 4.69) is 20.8 Å². The minimum absolute atomic E-state index is 0.151. The van der Waals surface area contributed by atoms with Crippen LogP contribution in [-0.2, 0) is 11.8 Å². The number of aliphatic imine (C=N–C) groups is 2. The zero-order chi connectivity index (χ0) is 21.1. The van der Waals surface area contributed by atoms with Gasteiger partial charge in [-0.05, 0) is 47.2 Å². The summed E-state index contributed by atoms with van der Waals surface area (Å²) in [6, 6.07) is 15.1. The van der Waals surface area contributed by atoms with E-state index in [1.54, 1.807) is 7.05 Å². The van der Waals surface area contributed by atoms with Crippen molar-refractivity contribution in [2.45, 2.75) is 18.0 Å². The van der Waals surface area contributed by atoms with Crippen molar-refractivity contribution < 1.29 is 4.79 Å². The minimum Gasteiger partial charge on any atom is -0.313 e. The van der Waals surface area contributed by atoms with E-state index >= 15 is 0 Å². The molecule has 1 aliphatic heterocycles. The van der Waals surface area contributed by atoms with E-state index in [0.29, 0.717) is 21.7 Å². The van der Waals surface area contributed by atoms with Gasteiger partial charge < -0.3 is 5.32 Å². The Kier molecular flexibility index (Phi) is 5.91. The second kappa shape index (κ2) is 8.76. The summed E-state index contributed by atoms with van der Waals surface area (Å²) in [4.78, 5) is 22.2. The molecule has 1 aromatic heterocycles. The molecule has 1 atom stereocenters. The van der Waals surface area contributed by atoms with Gasteiger partial charge in [0.15, 0.2) is 0 Å². The highest BCUT2D eigenvalue weighted by molar-refractivity contribution is 7.99. The number of tetrazole rings is 1. The van der Waals surface area contributed by atoms with Gasteiger partial charge in [0, 0.05) is 17.8 Å². The lowest BCUT2D eigenvalue weighted by molar-refractivity contribution is -0.117. The average molecular weight is 440 g/mol. The van der Waals surface area contributed by atoms with Gasteiger partial charge >= 0.3 is 0 Å². The van der Waals surface area contributed by atoms with Crippen LogP contribution in [0.4, 0.5) is 11.4 Å². The Morgan fingerprint density at radius 3 is 2.50 bits per heavy atom. The topological polar surface area (TPSA) is 97.4 Å². The lowest BCUT2D eigenvalue weighted by Crippen LogP contribution is -2.38. The number of thioether (sulfide) groups is 1. The first-order valence-corrected chi connectivity index (χ1v) is 10.5. The first-order chi connectivity index (χ1) is 14.5. The third-order valence-corrected chi connectivity index (χ3v) is 5.76. The lowest BCUT2D eigenvalue weighted by Gasteiger charge is -2.19. The normalized spacial score (nSPS) is 15.6. The Morgan fingerprint density at radius 1 is 1.13 bits per heavy atom. The fraction of sp³-hybridized carbons (Fsp3) is 0.200. The summed E-state index contributed by atoms with van der Waals surface area (Å²) in [5.74, 6) is 0.163. The Balaban J connectivity index is 1.64. The molecule has 1 unspecified atom stereocenters. The van der Waals surface area contributed by atoms with Crippen LogP contribution in [0.2, 0.25) is 5.02 Å². The van der Waals surface area contributed by atoms with E-state index < -0.39 is 0 Å². The van der Waals surface area contributed by atoms with Gasteiger partial charge in [0.1, 0.15) is 5.84 Å². The second-order valence-electron chi connectivity index (χ2n) is 6.65. The quantitative estimate of drug-likeness (QED) is 0.625. The summed E-state index contributed by atoms with van der Waals surface area (Å²) in [6.07, 6.45) is 0. The molecule has 152 valence electrons.